The SMILES string of the molecule is FC(F)(F)C(F)(F)C(F)(F)CN1C(F)(F)C(F)(F)OC(F)(F)C1(F)F. The number of nitrogens with zero attached hydrogens (tertiary/aromatic N) is 1. The Bertz CT molecular complexity index is 496. The van der Waals surface area contributed by atoms with Crippen LogP contribution in [0, 0.1) is 0 Å². The fraction of sp³-hybridized carbons (Fsp3) is 1.00. The number of rotatable bonds is 3. The van der Waals surface area contributed by atoms with E-state index in [9.17, 15) is 65.9 Å². The second-order valence-electron chi connectivity index (χ2n) is 4.58. The molecule has 0 aromatic rings. The van der Waals surface area contributed by atoms with Gasteiger partial charge in [0.1, 0.15) is 0 Å². The molecule has 1 heterocycles. The van der Waals surface area contributed by atoms with E-state index < -0.39 is 53.8 Å². The van der Waals surface area contributed by atoms with Crippen molar-refractivity contribution in [2.75, 3.05) is 6.54 Å². The molecule has 0 saturated carbocycles. The summed E-state index contributed by atoms with van der Waals surface area (Å²) in [7, 11) is 0. The summed E-state index contributed by atoms with van der Waals surface area (Å²) in [5, 5.41) is 0. The maximum atomic E-state index is 13.1. The molecule has 0 bridgehead atoms. The molecule has 0 radical (unpaired) electrons. The number of hydrogen-bond acceptors (Lipinski definition) is 2. The Morgan fingerprint density at radius 3 is 1.24 bits per heavy atom. The highest BCUT2D eigenvalue weighted by Crippen LogP contribution is 2.57. The predicted octanol–water partition coefficient (Wildman–Crippen LogP) is 4.52. The summed E-state index contributed by atoms with van der Waals surface area (Å²) < 4.78 is 191. The minimum atomic E-state index is -7.30. The lowest BCUT2D eigenvalue weighted by Gasteiger charge is -2.48. The van der Waals surface area contributed by atoms with Crippen molar-refractivity contribution in [1.29, 1.82) is 0 Å². The van der Waals surface area contributed by atoms with Gasteiger partial charge in [-0.1, -0.05) is 0 Å². The molecule has 1 aliphatic heterocycles. The van der Waals surface area contributed by atoms with Crippen LogP contribution in [0.5, 0.6) is 0 Å². The molecule has 0 atom stereocenters. The summed E-state index contributed by atoms with van der Waals surface area (Å²) >= 11 is 0. The number of morpholine rings is 1. The first kappa shape index (κ1) is 21.9. The molecule has 25 heavy (non-hydrogen) atoms. The zero-order chi connectivity index (χ0) is 20.5. The minimum Gasteiger partial charge on any atom is -0.243 e. The van der Waals surface area contributed by atoms with Gasteiger partial charge >= 0.3 is 42.3 Å². The Kier molecular flexibility index (Phi) is 4.56. The topological polar surface area (TPSA) is 12.5 Å². The van der Waals surface area contributed by atoms with Crippen LogP contribution in [0.15, 0.2) is 0 Å². The van der Waals surface area contributed by atoms with Crippen LogP contribution in [0.3, 0.4) is 0 Å². The van der Waals surface area contributed by atoms with Gasteiger partial charge in [0.15, 0.2) is 0 Å². The molecule has 17 heteroatoms. The fourth-order valence-electron chi connectivity index (χ4n) is 1.48. The van der Waals surface area contributed by atoms with Crippen molar-refractivity contribution in [2.24, 2.45) is 0 Å². The maximum Gasteiger partial charge on any atom is 0.459 e. The lowest BCUT2D eigenvalue weighted by Crippen LogP contribution is -2.76. The summed E-state index contributed by atoms with van der Waals surface area (Å²) in [6.45, 7) is -4.21. The summed E-state index contributed by atoms with van der Waals surface area (Å²) in [5.74, 6) is -14.2. The van der Waals surface area contributed by atoms with Gasteiger partial charge in [-0.15, -0.1) is 0 Å². The number of alkyl halides is 15. The normalized spacial score (nSPS) is 26.5. The average molecular weight is 413 g/mol. The standard InChI is InChI=1S/C8H2F15NO/c9-2(10,3(11,12)4(13,14)15)1-24-5(16,17)7(20,21)25-8(22,23)6(24,18)19/h1H2. The van der Waals surface area contributed by atoms with Crippen LogP contribution in [0.2, 0.25) is 0 Å². The van der Waals surface area contributed by atoms with Crippen LogP contribution in [0.4, 0.5) is 65.9 Å². The Morgan fingerprint density at radius 2 is 0.960 bits per heavy atom. The third kappa shape index (κ3) is 2.97. The van der Waals surface area contributed by atoms with Gasteiger partial charge in [-0.2, -0.15) is 70.8 Å². The molecular formula is C8H2F15NO. The van der Waals surface area contributed by atoms with Gasteiger partial charge in [-0.25, -0.2) is 4.74 Å². The van der Waals surface area contributed by atoms with Crippen LogP contribution in [0.1, 0.15) is 0 Å². The number of ether oxygens (including phenoxy) is 1. The lowest BCUT2D eigenvalue weighted by molar-refractivity contribution is -0.566. The van der Waals surface area contributed by atoms with Crippen molar-refractivity contribution in [2.45, 2.75) is 42.3 Å². The molecule has 2 nitrogen and oxygen atoms in total. The van der Waals surface area contributed by atoms with Gasteiger partial charge in [-0.05, 0) is 0 Å². The van der Waals surface area contributed by atoms with E-state index in [1.807, 2.05) is 4.74 Å². The summed E-state index contributed by atoms with van der Waals surface area (Å²) in [4.78, 5) is -3.16. The largest absolute Gasteiger partial charge is 0.459 e. The molecule has 1 rings (SSSR count). The van der Waals surface area contributed by atoms with E-state index in [1.165, 1.54) is 0 Å². The molecule has 1 aliphatic rings. The van der Waals surface area contributed by atoms with E-state index in [0.717, 1.165) is 0 Å². The highest BCUT2D eigenvalue weighted by atomic mass is 19.4. The summed E-state index contributed by atoms with van der Waals surface area (Å²) in [5.41, 5.74) is 0. The Morgan fingerprint density at radius 1 is 0.640 bits per heavy atom. The van der Waals surface area contributed by atoms with E-state index in [-0.39, 0.29) is 0 Å². The van der Waals surface area contributed by atoms with Crippen molar-refractivity contribution in [3.05, 3.63) is 0 Å². The van der Waals surface area contributed by atoms with Crippen LogP contribution >= 0.6 is 0 Å². The third-order valence-electron chi connectivity index (χ3n) is 2.81. The Balaban J connectivity index is 3.46. The van der Waals surface area contributed by atoms with Gasteiger partial charge in [0, 0.05) is 0 Å². The van der Waals surface area contributed by atoms with Gasteiger partial charge in [0.2, 0.25) is 0 Å². The highest BCUT2D eigenvalue weighted by molar-refractivity contribution is 5.00. The van der Waals surface area contributed by atoms with Crippen LogP contribution in [0.25, 0.3) is 0 Å². The first-order chi connectivity index (χ1) is 10.5. The zero-order valence-electron chi connectivity index (χ0n) is 10.7. The van der Waals surface area contributed by atoms with Crippen LogP contribution in [-0.4, -0.2) is 53.8 Å². The quantitative estimate of drug-likeness (QED) is 0.499. The van der Waals surface area contributed by atoms with Crippen molar-refractivity contribution in [3.63, 3.8) is 0 Å². The average Bonchev–Trinajstić information content (AvgIpc) is 2.31. The number of halogens is 15. The second kappa shape index (κ2) is 5.20. The zero-order valence-corrected chi connectivity index (χ0v) is 10.7. The van der Waals surface area contributed by atoms with E-state index >= 15 is 0 Å². The highest BCUT2D eigenvalue weighted by Gasteiger charge is 2.85. The van der Waals surface area contributed by atoms with Crippen molar-refractivity contribution in [1.82, 2.24) is 4.90 Å². The third-order valence-corrected chi connectivity index (χ3v) is 2.81. The monoisotopic (exact) mass is 413 g/mol. The second-order valence-corrected chi connectivity index (χ2v) is 4.58. The Hall–Kier alpha value is -1.13. The molecule has 0 N–H and O–H groups in total. The van der Waals surface area contributed by atoms with Crippen molar-refractivity contribution >= 4 is 0 Å². The smallest absolute Gasteiger partial charge is 0.243 e. The maximum absolute atomic E-state index is 13.1. The predicted molar refractivity (Wildman–Crippen MR) is 43.5 cm³/mol. The fourth-order valence-corrected chi connectivity index (χ4v) is 1.48. The summed E-state index contributed by atoms with van der Waals surface area (Å²) in [6.07, 6.45) is -20.5. The molecule has 0 spiro atoms. The van der Waals surface area contributed by atoms with Gasteiger partial charge in [0.05, 0.1) is 6.54 Å². The lowest BCUT2D eigenvalue weighted by atomic mass is 10.1. The van der Waals surface area contributed by atoms with Crippen molar-refractivity contribution in [3.8, 4) is 0 Å². The van der Waals surface area contributed by atoms with E-state index in [2.05, 4.69) is 0 Å². The summed E-state index contributed by atoms with van der Waals surface area (Å²) in [6, 6.07) is -13.6. The number of hydrogen-bond donors (Lipinski definition) is 0. The molecule has 0 amide bonds. The van der Waals surface area contributed by atoms with Crippen LogP contribution in [-0.2, 0) is 4.74 Å². The first-order valence-corrected chi connectivity index (χ1v) is 5.36. The molecular weight excluding hydrogens is 411 g/mol. The van der Waals surface area contributed by atoms with Crippen molar-refractivity contribution < 1.29 is 70.6 Å². The van der Waals surface area contributed by atoms with E-state index in [1.54, 1.807) is 0 Å². The van der Waals surface area contributed by atoms with Gasteiger partial charge in [0.25, 0.3) is 0 Å². The van der Waals surface area contributed by atoms with Crippen LogP contribution < -0.4 is 0 Å². The van der Waals surface area contributed by atoms with Gasteiger partial charge < -0.3 is 0 Å². The first-order valence-electron chi connectivity index (χ1n) is 5.36. The van der Waals surface area contributed by atoms with E-state index in [4.69, 9.17) is 0 Å². The Labute approximate surface area is 126 Å². The molecule has 1 saturated heterocycles. The molecule has 0 aliphatic carbocycles. The molecule has 0 unspecified atom stereocenters. The van der Waals surface area contributed by atoms with E-state index in [0.29, 0.717) is 0 Å². The molecule has 0 aromatic carbocycles. The minimum absolute atomic E-state index is 1.83. The molecule has 150 valence electrons. The molecule has 0 aromatic heterocycles. The molecule has 1 fully saturated rings. The van der Waals surface area contributed by atoms with Gasteiger partial charge in [-0.3, -0.25) is 0 Å².